The second-order valence-corrected chi connectivity index (χ2v) is 10.5. The number of nitrogens with zero attached hydrogens (tertiary/aromatic N) is 2. The minimum atomic E-state index is -0.535. The van der Waals surface area contributed by atoms with Crippen LogP contribution in [0.25, 0.3) is 0 Å². The summed E-state index contributed by atoms with van der Waals surface area (Å²) in [7, 11) is 0. The fourth-order valence-electron chi connectivity index (χ4n) is 3.19. The number of benzene rings is 3. The first kappa shape index (κ1) is 25.8. The molecule has 0 spiro atoms. The number of carbonyl (C=O) groups is 2. The van der Waals surface area contributed by atoms with Crippen LogP contribution in [0.5, 0.6) is 0 Å². The third-order valence-corrected chi connectivity index (χ3v) is 7.25. The van der Waals surface area contributed by atoms with Gasteiger partial charge in [0.25, 0.3) is 11.8 Å². The summed E-state index contributed by atoms with van der Waals surface area (Å²) in [5.41, 5.74) is 8.91. The van der Waals surface area contributed by atoms with Crippen molar-refractivity contribution in [1.82, 2.24) is 20.8 Å². The molecule has 0 saturated carbocycles. The maximum Gasteiger partial charge on any atom is 0.289 e. The van der Waals surface area contributed by atoms with Gasteiger partial charge in [-0.3, -0.25) is 20.4 Å². The molecule has 0 fully saturated rings. The predicted molar refractivity (Wildman–Crippen MR) is 144 cm³/mol. The third-order valence-electron chi connectivity index (χ3n) is 5.04. The summed E-state index contributed by atoms with van der Waals surface area (Å²) < 4.78 is 0. The fraction of sp³-hybridized carbons (Fsp3) is 0.111. The Bertz CT molecular complexity index is 1380. The molecule has 4 rings (SSSR count). The lowest BCUT2D eigenvalue weighted by atomic mass is 10.1. The molecule has 6 nitrogen and oxygen atoms in total. The van der Waals surface area contributed by atoms with Gasteiger partial charge in [0.2, 0.25) is 0 Å². The van der Waals surface area contributed by atoms with E-state index in [0.29, 0.717) is 26.4 Å². The van der Waals surface area contributed by atoms with Crippen LogP contribution in [-0.2, 0) is 5.75 Å². The first-order valence-corrected chi connectivity index (χ1v) is 13.2. The molecule has 1 heterocycles. The molecule has 182 valence electrons. The first-order chi connectivity index (χ1) is 17.4. The standard InChI is InChI=1S/C27H23ClN4O2S2/c1-17-6-8-20(9-7-17)25(33)31-32-26(34)24-23(36-22-12-10-21(28)11-13-22)15-29-27(30-24)35-16-19-5-3-4-18(2)14-19/h3-15H,16H2,1-2H3,(H,31,33)(H,32,34). The molecular weight excluding hydrogens is 512 g/mol. The van der Waals surface area contributed by atoms with Gasteiger partial charge in [-0.2, -0.15) is 0 Å². The second-order valence-electron chi connectivity index (χ2n) is 7.97. The number of hydrogen-bond donors (Lipinski definition) is 2. The van der Waals surface area contributed by atoms with Gasteiger partial charge in [0.15, 0.2) is 5.16 Å². The van der Waals surface area contributed by atoms with Gasteiger partial charge in [-0.1, -0.05) is 82.6 Å². The molecule has 0 bridgehead atoms. The average molecular weight is 535 g/mol. The molecule has 0 aliphatic heterocycles. The molecule has 9 heteroatoms. The van der Waals surface area contributed by atoms with E-state index in [4.69, 9.17) is 11.6 Å². The lowest BCUT2D eigenvalue weighted by molar-refractivity contribution is 0.0841. The van der Waals surface area contributed by atoms with Gasteiger partial charge in [-0.05, 0) is 55.8 Å². The van der Waals surface area contributed by atoms with Crippen LogP contribution in [0.3, 0.4) is 0 Å². The summed E-state index contributed by atoms with van der Waals surface area (Å²) in [4.78, 5) is 36.0. The van der Waals surface area contributed by atoms with E-state index in [0.717, 1.165) is 16.0 Å². The lowest BCUT2D eigenvalue weighted by Gasteiger charge is -2.12. The summed E-state index contributed by atoms with van der Waals surface area (Å²) >= 11 is 8.78. The maximum absolute atomic E-state index is 13.1. The Morgan fingerprint density at radius 2 is 1.61 bits per heavy atom. The molecule has 0 aliphatic rings. The van der Waals surface area contributed by atoms with Crippen molar-refractivity contribution in [3.63, 3.8) is 0 Å². The van der Waals surface area contributed by atoms with Crippen molar-refractivity contribution in [2.75, 3.05) is 0 Å². The van der Waals surface area contributed by atoms with E-state index in [1.807, 2.05) is 56.3 Å². The SMILES string of the molecule is Cc1ccc(C(=O)NNC(=O)c2nc(SCc3cccc(C)c3)ncc2Sc2ccc(Cl)cc2)cc1. The van der Waals surface area contributed by atoms with Crippen molar-refractivity contribution in [3.05, 3.63) is 112 Å². The zero-order valence-electron chi connectivity index (χ0n) is 19.6. The largest absolute Gasteiger partial charge is 0.289 e. The highest BCUT2D eigenvalue weighted by atomic mass is 35.5. The van der Waals surface area contributed by atoms with Gasteiger partial charge >= 0.3 is 0 Å². The quantitative estimate of drug-likeness (QED) is 0.165. The predicted octanol–water partition coefficient (Wildman–Crippen LogP) is 6.27. The van der Waals surface area contributed by atoms with Crippen molar-refractivity contribution in [2.45, 2.75) is 34.5 Å². The van der Waals surface area contributed by atoms with Crippen LogP contribution in [0.2, 0.25) is 5.02 Å². The Labute approximate surface area is 223 Å². The highest BCUT2D eigenvalue weighted by Crippen LogP contribution is 2.31. The minimum Gasteiger partial charge on any atom is -0.267 e. The van der Waals surface area contributed by atoms with Crippen molar-refractivity contribution in [3.8, 4) is 0 Å². The van der Waals surface area contributed by atoms with E-state index in [9.17, 15) is 9.59 Å². The number of aromatic nitrogens is 2. The van der Waals surface area contributed by atoms with Gasteiger partial charge in [-0.25, -0.2) is 9.97 Å². The van der Waals surface area contributed by atoms with Crippen molar-refractivity contribution in [2.24, 2.45) is 0 Å². The van der Waals surface area contributed by atoms with Gasteiger partial charge < -0.3 is 0 Å². The van der Waals surface area contributed by atoms with Gasteiger partial charge in [0.05, 0.1) is 4.90 Å². The number of hydrogen-bond acceptors (Lipinski definition) is 6. The Morgan fingerprint density at radius 1 is 0.889 bits per heavy atom. The number of thioether (sulfide) groups is 1. The normalized spacial score (nSPS) is 10.6. The summed E-state index contributed by atoms with van der Waals surface area (Å²) in [5, 5.41) is 1.09. The van der Waals surface area contributed by atoms with Crippen molar-refractivity contribution < 1.29 is 9.59 Å². The molecule has 0 unspecified atom stereocenters. The zero-order valence-corrected chi connectivity index (χ0v) is 22.0. The van der Waals surface area contributed by atoms with Gasteiger partial charge in [-0.15, -0.1) is 0 Å². The van der Waals surface area contributed by atoms with Crippen LogP contribution in [0.4, 0.5) is 0 Å². The molecule has 36 heavy (non-hydrogen) atoms. The average Bonchev–Trinajstić information content (AvgIpc) is 2.88. The zero-order chi connectivity index (χ0) is 25.5. The number of rotatable bonds is 7. The Morgan fingerprint density at radius 3 is 2.33 bits per heavy atom. The van der Waals surface area contributed by atoms with Crippen LogP contribution < -0.4 is 10.9 Å². The van der Waals surface area contributed by atoms with Gasteiger partial charge in [0, 0.05) is 27.4 Å². The summed E-state index contributed by atoms with van der Waals surface area (Å²) in [6.07, 6.45) is 1.63. The lowest BCUT2D eigenvalue weighted by Crippen LogP contribution is -2.42. The molecule has 0 atom stereocenters. The van der Waals surface area contributed by atoms with Crippen LogP contribution >= 0.6 is 35.1 Å². The highest BCUT2D eigenvalue weighted by molar-refractivity contribution is 7.99. The molecule has 4 aromatic rings. The minimum absolute atomic E-state index is 0.167. The van der Waals surface area contributed by atoms with E-state index in [1.54, 1.807) is 30.5 Å². The molecule has 0 aliphatic carbocycles. The highest BCUT2D eigenvalue weighted by Gasteiger charge is 2.18. The molecule has 0 radical (unpaired) electrons. The fourth-order valence-corrected chi connectivity index (χ4v) is 4.94. The molecule has 2 N–H and O–H groups in total. The third kappa shape index (κ3) is 7.10. The number of aryl methyl sites for hydroxylation is 2. The van der Waals surface area contributed by atoms with Crippen LogP contribution in [0, 0.1) is 13.8 Å². The molecular formula is C27H23ClN4O2S2. The molecule has 1 aromatic heterocycles. The molecule has 3 aromatic carbocycles. The Hall–Kier alpha value is -3.33. The Balaban J connectivity index is 1.53. The van der Waals surface area contributed by atoms with Crippen LogP contribution in [0.1, 0.15) is 37.5 Å². The van der Waals surface area contributed by atoms with Crippen LogP contribution in [-0.4, -0.2) is 21.8 Å². The molecule has 2 amide bonds. The number of amides is 2. The summed E-state index contributed by atoms with van der Waals surface area (Å²) in [6, 6.07) is 22.5. The first-order valence-electron chi connectivity index (χ1n) is 11.0. The van der Waals surface area contributed by atoms with Crippen molar-refractivity contribution >= 4 is 46.9 Å². The number of nitrogens with one attached hydrogen (secondary N) is 2. The number of halogens is 1. The Kier molecular flexibility index (Phi) is 8.64. The number of carbonyl (C=O) groups excluding carboxylic acids is 2. The maximum atomic E-state index is 13.1. The van der Waals surface area contributed by atoms with E-state index < -0.39 is 11.8 Å². The topological polar surface area (TPSA) is 84.0 Å². The van der Waals surface area contributed by atoms with Crippen molar-refractivity contribution in [1.29, 1.82) is 0 Å². The number of hydrazine groups is 1. The second kappa shape index (κ2) is 12.1. The van der Waals surface area contributed by atoms with Crippen LogP contribution in [0.15, 0.2) is 93.9 Å². The summed E-state index contributed by atoms with van der Waals surface area (Å²) in [6.45, 7) is 3.98. The van der Waals surface area contributed by atoms with E-state index in [2.05, 4.69) is 26.9 Å². The molecule has 0 saturated heterocycles. The summed E-state index contributed by atoms with van der Waals surface area (Å²) in [5.74, 6) is -0.290. The van der Waals surface area contributed by atoms with Gasteiger partial charge in [0.1, 0.15) is 5.69 Å². The van der Waals surface area contributed by atoms with E-state index >= 15 is 0 Å². The monoisotopic (exact) mass is 534 g/mol. The van der Waals surface area contributed by atoms with E-state index in [-0.39, 0.29) is 5.69 Å². The van der Waals surface area contributed by atoms with E-state index in [1.165, 1.54) is 29.1 Å². The smallest absolute Gasteiger partial charge is 0.267 e.